The molecule has 1 aromatic carbocycles. The van der Waals surface area contributed by atoms with Gasteiger partial charge in [0.15, 0.2) is 0 Å². The summed E-state index contributed by atoms with van der Waals surface area (Å²) in [5.41, 5.74) is 1.63. The normalized spacial score (nSPS) is 10.7. The van der Waals surface area contributed by atoms with Gasteiger partial charge in [-0.2, -0.15) is 0 Å². The predicted molar refractivity (Wildman–Crippen MR) is 98.7 cm³/mol. The lowest BCUT2D eigenvalue weighted by Gasteiger charge is -2.04. The third-order valence-corrected chi connectivity index (χ3v) is 5.56. The van der Waals surface area contributed by atoms with Crippen molar-refractivity contribution in [2.24, 2.45) is 0 Å². The first-order valence-corrected chi connectivity index (χ1v) is 9.47. The quantitative estimate of drug-likeness (QED) is 0.525. The Morgan fingerprint density at radius 3 is 2.77 bits per heavy atom. The molecular formula is C17H14FN3O3S2. The molecule has 0 aliphatic rings. The third kappa shape index (κ3) is 4.36. The third-order valence-electron chi connectivity index (χ3n) is 3.26. The molecule has 3 rings (SSSR count). The van der Waals surface area contributed by atoms with E-state index in [-0.39, 0.29) is 18.2 Å². The first kappa shape index (κ1) is 18.3. The number of rotatable bonds is 5. The van der Waals surface area contributed by atoms with Crippen LogP contribution < -0.4 is 5.32 Å². The van der Waals surface area contributed by atoms with Crippen LogP contribution in [0.5, 0.6) is 0 Å². The summed E-state index contributed by atoms with van der Waals surface area (Å²) in [4.78, 5) is 32.4. The van der Waals surface area contributed by atoms with Crippen LogP contribution in [0.1, 0.15) is 6.92 Å². The highest BCUT2D eigenvalue weighted by molar-refractivity contribution is 8.00. The lowest BCUT2D eigenvalue weighted by molar-refractivity contribution is -0.117. The fourth-order valence-corrected chi connectivity index (χ4v) is 4.14. The maximum absolute atomic E-state index is 13.1. The van der Waals surface area contributed by atoms with E-state index in [1.165, 1.54) is 41.6 Å². The number of amides is 2. The van der Waals surface area contributed by atoms with Crippen LogP contribution in [0, 0.1) is 5.82 Å². The minimum atomic E-state index is -0.763. The SMILES string of the molecule is CCOC(=O)NC(=O)CSc1ncnc2cc(-c3ccc(F)cc3)sc12. The topological polar surface area (TPSA) is 81.2 Å². The number of aromatic nitrogens is 2. The van der Waals surface area contributed by atoms with Gasteiger partial charge in [0.05, 0.1) is 22.6 Å². The van der Waals surface area contributed by atoms with Crippen molar-refractivity contribution in [3.8, 4) is 10.4 Å². The van der Waals surface area contributed by atoms with Gasteiger partial charge < -0.3 is 4.74 Å². The molecule has 134 valence electrons. The Balaban J connectivity index is 1.76. The summed E-state index contributed by atoms with van der Waals surface area (Å²) < 4.78 is 18.6. The molecule has 2 heterocycles. The largest absolute Gasteiger partial charge is 0.450 e. The highest BCUT2D eigenvalue weighted by Crippen LogP contribution is 2.36. The van der Waals surface area contributed by atoms with Crippen molar-refractivity contribution < 1.29 is 18.7 Å². The highest BCUT2D eigenvalue weighted by atomic mass is 32.2. The second-order valence-corrected chi connectivity index (χ2v) is 7.08. The molecule has 2 aromatic heterocycles. The van der Waals surface area contributed by atoms with Crippen molar-refractivity contribution in [1.29, 1.82) is 0 Å². The number of ether oxygens (including phenoxy) is 1. The number of nitrogens with one attached hydrogen (secondary N) is 1. The fraction of sp³-hybridized carbons (Fsp3) is 0.176. The highest BCUT2D eigenvalue weighted by Gasteiger charge is 2.14. The first-order chi connectivity index (χ1) is 12.6. The van der Waals surface area contributed by atoms with E-state index in [1.54, 1.807) is 19.1 Å². The number of thioether (sulfide) groups is 1. The molecule has 0 bridgehead atoms. The predicted octanol–water partition coefficient (Wildman–Crippen LogP) is 3.86. The maximum Gasteiger partial charge on any atom is 0.413 e. The molecule has 0 fully saturated rings. The average Bonchev–Trinajstić information content (AvgIpc) is 3.05. The van der Waals surface area contributed by atoms with Crippen molar-refractivity contribution in [2.75, 3.05) is 12.4 Å². The second kappa shape index (κ2) is 8.24. The molecule has 0 radical (unpaired) electrons. The number of nitrogens with zero attached hydrogens (tertiary/aromatic N) is 2. The summed E-state index contributed by atoms with van der Waals surface area (Å²) in [5, 5.41) is 2.78. The van der Waals surface area contributed by atoms with Gasteiger partial charge in [-0.3, -0.25) is 10.1 Å². The Morgan fingerprint density at radius 2 is 2.04 bits per heavy atom. The van der Waals surface area contributed by atoms with Gasteiger partial charge in [0, 0.05) is 4.88 Å². The lowest BCUT2D eigenvalue weighted by Crippen LogP contribution is -2.32. The molecule has 0 unspecified atom stereocenters. The molecular weight excluding hydrogens is 377 g/mol. The summed E-state index contributed by atoms with van der Waals surface area (Å²) in [6.07, 6.45) is 0.662. The van der Waals surface area contributed by atoms with Crippen molar-refractivity contribution in [2.45, 2.75) is 11.9 Å². The Bertz CT molecular complexity index is 944. The molecule has 0 aliphatic carbocycles. The van der Waals surface area contributed by atoms with E-state index in [0.717, 1.165) is 20.7 Å². The maximum atomic E-state index is 13.1. The number of alkyl carbamates (subject to hydrolysis) is 1. The lowest BCUT2D eigenvalue weighted by atomic mass is 10.2. The van der Waals surface area contributed by atoms with Gasteiger partial charge in [0.25, 0.3) is 0 Å². The summed E-state index contributed by atoms with van der Waals surface area (Å²) in [6.45, 7) is 1.85. The van der Waals surface area contributed by atoms with E-state index in [9.17, 15) is 14.0 Å². The van der Waals surface area contributed by atoms with Crippen molar-refractivity contribution in [3.63, 3.8) is 0 Å². The van der Waals surface area contributed by atoms with Gasteiger partial charge in [0.2, 0.25) is 5.91 Å². The Labute approximate surface area is 156 Å². The molecule has 0 atom stereocenters. The van der Waals surface area contributed by atoms with Crippen molar-refractivity contribution in [3.05, 3.63) is 42.5 Å². The number of halogens is 1. The smallest absolute Gasteiger partial charge is 0.413 e. The molecule has 0 aliphatic heterocycles. The van der Waals surface area contributed by atoms with Crippen molar-refractivity contribution in [1.82, 2.24) is 15.3 Å². The van der Waals surface area contributed by atoms with Crippen LogP contribution in [0.15, 0.2) is 41.7 Å². The number of hydrogen-bond donors (Lipinski definition) is 1. The van der Waals surface area contributed by atoms with Crippen molar-refractivity contribution >= 4 is 45.3 Å². The second-order valence-electron chi connectivity index (χ2n) is 5.07. The summed E-state index contributed by atoms with van der Waals surface area (Å²) in [6, 6.07) is 8.11. The van der Waals surface area contributed by atoms with E-state index in [4.69, 9.17) is 0 Å². The van der Waals surface area contributed by atoms with Crippen LogP contribution in [0.4, 0.5) is 9.18 Å². The molecule has 9 heteroatoms. The van der Waals surface area contributed by atoms with Gasteiger partial charge in [-0.1, -0.05) is 23.9 Å². The van der Waals surface area contributed by atoms with Gasteiger partial charge in [-0.25, -0.2) is 19.2 Å². The summed E-state index contributed by atoms with van der Waals surface area (Å²) in [5.74, 6) is -0.733. The standard InChI is InChI=1S/C17H14FN3O3S2/c1-2-24-17(23)21-14(22)8-25-16-15-12(19-9-20-16)7-13(26-15)10-3-5-11(18)6-4-10/h3-7,9H,2,8H2,1H3,(H,21,22,23). The molecule has 26 heavy (non-hydrogen) atoms. The average molecular weight is 391 g/mol. The number of carbonyl (C=O) groups excluding carboxylic acids is 2. The number of thiophene rings is 1. The molecule has 0 spiro atoms. The number of imide groups is 1. The molecule has 1 N–H and O–H groups in total. The van der Waals surface area contributed by atoms with E-state index in [1.807, 2.05) is 6.07 Å². The molecule has 6 nitrogen and oxygen atoms in total. The fourth-order valence-electron chi connectivity index (χ4n) is 2.14. The number of hydrogen-bond acceptors (Lipinski definition) is 7. The van der Waals surface area contributed by atoms with E-state index in [0.29, 0.717) is 5.03 Å². The Kier molecular flexibility index (Phi) is 5.79. The van der Waals surface area contributed by atoms with Crippen LogP contribution in [-0.2, 0) is 9.53 Å². The van der Waals surface area contributed by atoms with Crippen LogP contribution >= 0.6 is 23.1 Å². The zero-order valence-electron chi connectivity index (χ0n) is 13.7. The van der Waals surface area contributed by atoms with Gasteiger partial charge in [0.1, 0.15) is 17.2 Å². The van der Waals surface area contributed by atoms with Crippen LogP contribution in [-0.4, -0.2) is 34.3 Å². The Hall–Kier alpha value is -2.52. The number of benzene rings is 1. The van der Waals surface area contributed by atoms with Crippen LogP contribution in [0.25, 0.3) is 20.7 Å². The number of carbonyl (C=O) groups is 2. The molecule has 2 amide bonds. The Morgan fingerprint density at radius 1 is 1.27 bits per heavy atom. The minimum Gasteiger partial charge on any atom is -0.450 e. The van der Waals surface area contributed by atoms with Gasteiger partial charge in [-0.15, -0.1) is 11.3 Å². The molecule has 0 saturated carbocycles. The van der Waals surface area contributed by atoms with E-state index < -0.39 is 12.0 Å². The molecule has 3 aromatic rings. The van der Waals surface area contributed by atoms with Gasteiger partial charge in [-0.05, 0) is 30.7 Å². The van der Waals surface area contributed by atoms with E-state index >= 15 is 0 Å². The number of fused-ring (bicyclic) bond motifs is 1. The zero-order valence-corrected chi connectivity index (χ0v) is 15.3. The van der Waals surface area contributed by atoms with Gasteiger partial charge >= 0.3 is 6.09 Å². The van der Waals surface area contributed by atoms with Crippen LogP contribution in [0.3, 0.4) is 0 Å². The van der Waals surface area contributed by atoms with Crippen LogP contribution in [0.2, 0.25) is 0 Å². The first-order valence-electron chi connectivity index (χ1n) is 7.66. The monoisotopic (exact) mass is 391 g/mol. The molecule has 0 saturated heterocycles. The minimum absolute atomic E-state index is 0.0225. The summed E-state index contributed by atoms with van der Waals surface area (Å²) in [7, 11) is 0. The zero-order chi connectivity index (χ0) is 18.5. The summed E-state index contributed by atoms with van der Waals surface area (Å²) >= 11 is 2.67. The van der Waals surface area contributed by atoms with E-state index in [2.05, 4.69) is 20.0 Å².